The molecule has 0 atom stereocenters. The summed E-state index contributed by atoms with van der Waals surface area (Å²) >= 11 is 0. The van der Waals surface area contributed by atoms with Crippen molar-refractivity contribution < 1.29 is 14.4 Å². The first-order valence-corrected chi connectivity index (χ1v) is 5.90. The van der Waals surface area contributed by atoms with Gasteiger partial charge in [0.25, 0.3) is 0 Å². The number of carbonyl (C=O) groups is 3. The highest BCUT2D eigenvalue weighted by atomic mass is 16.2. The second-order valence-corrected chi connectivity index (χ2v) is 4.00. The van der Waals surface area contributed by atoms with Crippen molar-refractivity contribution in [2.45, 2.75) is 6.92 Å². The van der Waals surface area contributed by atoms with Gasteiger partial charge in [0.15, 0.2) is 0 Å². The van der Waals surface area contributed by atoms with Crippen LogP contribution in [0.25, 0.3) is 0 Å². The number of H-pyrrole nitrogens is 1. The molecule has 2 rings (SSSR count). The van der Waals surface area contributed by atoms with Gasteiger partial charge in [0, 0.05) is 18.3 Å². The Hall–Kier alpha value is -3.23. The molecule has 0 unspecified atom stereocenters. The molecular weight excluding hydrogens is 276 g/mol. The van der Waals surface area contributed by atoms with Crippen LogP contribution in [-0.4, -0.2) is 32.9 Å². The van der Waals surface area contributed by atoms with Gasteiger partial charge in [-0.05, 0) is 24.3 Å². The van der Waals surface area contributed by atoms with Gasteiger partial charge in [0.1, 0.15) is 6.33 Å². The Morgan fingerprint density at radius 2 is 1.52 bits per heavy atom. The molecule has 108 valence electrons. The van der Waals surface area contributed by atoms with Crippen molar-refractivity contribution in [3.8, 4) is 0 Å². The number of hydrogen-bond donors (Lipinski definition) is 4. The van der Waals surface area contributed by atoms with Gasteiger partial charge in [-0.2, -0.15) is 10.1 Å². The number of nitrogens with zero attached hydrogens (tertiary/aromatic N) is 2. The van der Waals surface area contributed by atoms with Crippen molar-refractivity contribution in [3.63, 3.8) is 0 Å². The van der Waals surface area contributed by atoms with Gasteiger partial charge >= 0.3 is 11.8 Å². The lowest BCUT2D eigenvalue weighted by molar-refractivity contribution is -0.133. The Bertz CT molecular complexity index is 650. The second kappa shape index (κ2) is 6.28. The Labute approximate surface area is 119 Å². The lowest BCUT2D eigenvalue weighted by atomic mass is 10.2. The third-order valence-corrected chi connectivity index (χ3v) is 2.32. The molecule has 1 heterocycles. The zero-order valence-electron chi connectivity index (χ0n) is 11.0. The van der Waals surface area contributed by atoms with Gasteiger partial charge < -0.3 is 10.6 Å². The van der Waals surface area contributed by atoms with E-state index in [9.17, 15) is 14.4 Å². The maximum absolute atomic E-state index is 11.6. The SMILES string of the molecule is CC(=O)Nc1ccc(NC(=O)C(=O)Nc2ncn[nH]2)cc1. The number of hydrogen-bond acceptors (Lipinski definition) is 5. The molecule has 4 N–H and O–H groups in total. The first kappa shape index (κ1) is 14.2. The van der Waals surface area contributed by atoms with Gasteiger partial charge in [-0.1, -0.05) is 0 Å². The molecule has 21 heavy (non-hydrogen) atoms. The molecule has 3 amide bonds. The molecule has 9 heteroatoms. The van der Waals surface area contributed by atoms with Gasteiger partial charge in [-0.15, -0.1) is 0 Å². The minimum atomic E-state index is -0.877. The monoisotopic (exact) mass is 288 g/mol. The van der Waals surface area contributed by atoms with E-state index < -0.39 is 11.8 Å². The van der Waals surface area contributed by atoms with Crippen molar-refractivity contribution >= 4 is 35.0 Å². The minimum Gasteiger partial charge on any atom is -0.326 e. The fourth-order valence-corrected chi connectivity index (χ4v) is 1.46. The fraction of sp³-hybridized carbons (Fsp3) is 0.0833. The first-order valence-electron chi connectivity index (χ1n) is 5.90. The second-order valence-electron chi connectivity index (χ2n) is 4.00. The van der Waals surface area contributed by atoms with Crippen LogP contribution in [0.2, 0.25) is 0 Å². The highest BCUT2D eigenvalue weighted by Crippen LogP contribution is 2.13. The van der Waals surface area contributed by atoms with E-state index in [1.165, 1.54) is 13.3 Å². The summed E-state index contributed by atoms with van der Waals surface area (Å²) in [5, 5.41) is 13.2. The zero-order valence-corrected chi connectivity index (χ0v) is 11.0. The van der Waals surface area contributed by atoms with E-state index in [0.717, 1.165) is 0 Å². The quantitative estimate of drug-likeness (QED) is 0.605. The van der Waals surface area contributed by atoms with Crippen molar-refractivity contribution in [1.82, 2.24) is 15.2 Å². The summed E-state index contributed by atoms with van der Waals surface area (Å²) < 4.78 is 0. The molecule has 2 aromatic rings. The van der Waals surface area contributed by atoms with Crippen LogP contribution < -0.4 is 16.0 Å². The Balaban J connectivity index is 1.92. The van der Waals surface area contributed by atoms with E-state index in [1.807, 2.05) is 0 Å². The predicted molar refractivity (Wildman–Crippen MR) is 74.4 cm³/mol. The topological polar surface area (TPSA) is 129 Å². The lowest BCUT2D eigenvalue weighted by Crippen LogP contribution is -2.29. The van der Waals surface area contributed by atoms with Crippen LogP contribution >= 0.6 is 0 Å². The van der Waals surface area contributed by atoms with Gasteiger partial charge in [0.2, 0.25) is 11.9 Å². The first-order chi connectivity index (χ1) is 10.0. The average Bonchev–Trinajstić information content (AvgIpc) is 2.93. The smallest absolute Gasteiger partial charge is 0.316 e. The standard InChI is InChI=1S/C12H12N6O3/c1-7(19)15-8-2-4-9(5-3-8)16-10(20)11(21)17-12-13-6-14-18-12/h2-6H,1H3,(H,15,19)(H,16,20)(H2,13,14,17,18,21). The molecule has 1 aromatic heterocycles. The number of amides is 3. The number of rotatable bonds is 3. The van der Waals surface area contributed by atoms with Crippen LogP contribution in [0, 0.1) is 0 Å². The number of benzene rings is 1. The van der Waals surface area contributed by atoms with E-state index in [2.05, 4.69) is 31.1 Å². The van der Waals surface area contributed by atoms with E-state index in [-0.39, 0.29) is 11.9 Å². The van der Waals surface area contributed by atoms with Crippen LogP contribution in [0.4, 0.5) is 17.3 Å². The number of nitrogens with one attached hydrogen (secondary N) is 4. The van der Waals surface area contributed by atoms with E-state index >= 15 is 0 Å². The van der Waals surface area contributed by atoms with Crippen molar-refractivity contribution in [2.24, 2.45) is 0 Å². The summed E-state index contributed by atoms with van der Waals surface area (Å²) in [7, 11) is 0. The highest BCUT2D eigenvalue weighted by molar-refractivity contribution is 6.43. The zero-order chi connectivity index (χ0) is 15.2. The normalized spacial score (nSPS) is 9.76. The molecule has 0 bridgehead atoms. The van der Waals surface area contributed by atoms with Gasteiger partial charge in [-0.25, -0.2) is 5.10 Å². The summed E-state index contributed by atoms with van der Waals surface area (Å²) in [4.78, 5) is 37.7. The summed E-state index contributed by atoms with van der Waals surface area (Å²) in [5.74, 6) is -1.84. The number of aromatic nitrogens is 3. The molecule has 0 radical (unpaired) electrons. The predicted octanol–water partition coefficient (Wildman–Crippen LogP) is 0.340. The van der Waals surface area contributed by atoms with Crippen molar-refractivity contribution in [3.05, 3.63) is 30.6 Å². The molecule has 0 fully saturated rings. The summed E-state index contributed by atoms with van der Waals surface area (Å²) in [6.45, 7) is 1.39. The number of carbonyl (C=O) groups excluding carboxylic acids is 3. The maximum atomic E-state index is 11.6. The molecular formula is C12H12N6O3. The molecule has 0 aliphatic rings. The Kier molecular flexibility index (Phi) is 4.24. The van der Waals surface area contributed by atoms with E-state index in [1.54, 1.807) is 24.3 Å². The minimum absolute atomic E-state index is 0.0798. The van der Waals surface area contributed by atoms with Crippen LogP contribution in [0.15, 0.2) is 30.6 Å². The molecule has 0 spiro atoms. The van der Waals surface area contributed by atoms with Crippen LogP contribution in [0.3, 0.4) is 0 Å². The molecule has 0 saturated heterocycles. The van der Waals surface area contributed by atoms with Crippen molar-refractivity contribution in [1.29, 1.82) is 0 Å². The molecule has 0 aliphatic heterocycles. The number of anilines is 3. The molecule has 0 saturated carbocycles. The summed E-state index contributed by atoms with van der Waals surface area (Å²) in [6.07, 6.45) is 1.20. The average molecular weight is 288 g/mol. The third kappa shape index (κ3) is 4.13. The fourth-order valence-electron chi connectivity index (χ4n) is 1.46. The van der Waals surface area contributed by atoms with Crippen LogP contribution in [-0.2, 0) is 14.4 Å². The lowest BCUT2D eigenvalue weighted by Gasteiger charge is -2.06. The number of aromatic amines is 1. The maximum Gasteiger partial charge on any atom is 0.316 e. The third-order valence-electron chi connectivity index (χ3n) is 2.32. The van der Waals surface area contributed by atoms with Crippen molar-refractivity contribution in [2.75, 3.05) is 16.0 Å². The van der Waals surface area contributed by atoms with E-state index in [4.69, 9.17) is 0 Å². The Morgan fingerprint density at radius 3 is 2.05 bits per heavy atom. The highest BCUT2D eigenvalue weighted by Gasteiger charge is 2.15. The van der Waals surface area contributed by atoms with Gasteiger partial charge in [-0.3, -0.25) is 19.7 Å². The van der Waals surface area contributed by atoms with Gasteiger partial charge in [0.05, 0.1) is 0 Å². The molecule has 9 nitrogen and oxygen atoms in total. The largest absolute Gasteiger partial charge is 0.326 e. The molecule has 0 aliphatic carbocycles. The summed E-state index contributed by atoms with van der Waals surface area (Å²) in [5.41, 5.74) is 1.01. The van der Waals surface area contributed by atoms with E-state index in [0.29, 0.717) is 11.4 Å². The van der Waals surface area contributed by atoms with Crippen LogP contribution in [0.5, 0.6) is 0 Å². The Morgan fingerprint density at radius 1 is 0.952 bits per heavy atom. The summed E-state index contributed by atoms with van der Waals surface area (Å²) in [6, 6.07) is 6.33. The van der Waals surface area contributed by atoms with Crippen LogP contribution in [0.1, 0.15) is 6.92 Å². The molecule has 1 aromatic carbocycles.